The van der Waals surface area contributed by atoms with E-state index in [1.54, 1.807) is 13.3 Å². The van der Waals surface area contributed by atoms with Crippen LogP contribution < -0.4 is 24.8 Å². The highest BCUT2D eigenvalue weighted by Gasteiger charge is 2.13. The van der Waals surface area contributed by atoms with Crippen molar-refractivity contribution in [2.24, 2.45) is 0 Å². The molecule has 3 aromatic rings. The summed E-state index contributed by atoms with van der Waals surface area (Å²) in [6.45, 7) is 0.893. The summed E-state index contributed by atoms with van der Waals surface area (Å²) in [5.41, 5.74) is 1.94. The van der Waals surface area contributed by atoms with E-state index in [2.05, 4.69) is 20.6 Å². The average molecular weight is 350 g/mol. The summed E-state index contributed by atoms with van der Waals surface area (Å²) in [5, 5.41) is 6.46. The van der Waals surface area contributed by atoms with Gasteiger partial charge in [-0.3, -0.25) is 0 Å². The zero-order valence-electron chi connectivity index (χ0n) is 14.2. The lowest BCUT2D eigenvalue weighted by Gasteiger charge is -2.09. The van der Waals surface area contributed by atoms with Crippen LogP contribution in [-0.4, -0.2) is 23.9 Å². The number of ether oxygens (including phenoxy) is 3. The molecule has 4 rings (SSSR count). The van der Waals surface area contributed by atoms with Crippen LogP contribution in [0.4, 0.5) is 17.5 Å². The Kier molecular flexibility index (Phi) is 4.42. The molecule has 1 aliphatic rings. The molecule has 0 aliphatic carbocycles. The highest BCUT2D eigenvalue weighted by molar-refractivity contribution is 5.57. The number of fused-ring (bicyclic) bond motifs is 1. The summed E-state index contributed by atoms with van der Waals surface area (Å²) in [5.74, 6) is 3.55. The molecule has 0 radical (unpaired) electrons. The molecule has 0 saturated heterocycles. The van der Waals surface area contributed by atoms with Gasteiger partial charge in [0.1, 0.15) is 11.6 Å². The SMILES string of the molecule is COc1cccc(Nc2nccc(NCc3ccc4c(c3)OCO4)n2)c1. The Hall–Kier alpha value is -3.48. The van der Waals surface area contributed by atoms with Crippen molar-refractivity contribution in [3.8, 4) is 17.2 Å². The number of aromatic nitrogens is 2. The predicted octanol–water partition coefficient (Wildman–Crippen LogP) is 3.57. The zero-order chi connectivity index (χ0) is 17.8. The Bertz CT molecular complexity index is 917. The van der Waals surface area contributed by atoms with Crippen molar-refractivity contribution in [3.63, 3.8) is 0 Å². The largest absolute Gasteiger partial charge is 0.497 e. The molecule has 0 spiro atoms. The third-order valence-electron chi connectivity index (χ3n) is 3.89. The molecular weight excluding hydrogens is 332 g/mol. The lowest BCUT2D eigenvalue weighted by molar-refractivity contribution is 0.174. The van der Waals surface area contributed by atoms with Crippen molar-refractivity contribution in [2.45, 2.75) is 6.54 Å². The Morgan fingerprint density at radius 3 is 2.92 bits per heavy atom. The molecule has 0 saturated carbocycles. The first-order valence-corrected chi connectivity index (χ1v) is 8.17. The smallest absolute Gasteiger partial charge is 0.231 e. The van der Waals surface area contributed by atoms with E-state index in [0.29, 0.717) is 12.5 Å². The third-order valence-corrected chi connectivity index (χ3v) is 3.89. The molecule has 26 heavy (non-hydrogen) atoms. The van der Waals surface area contributed by atoms with Crippen molar-refractivity contribution in [1.29, 1.82) is 0 Å². The number of benzene rings is 2. The van der Waals surface area contributed by atoms with Crippen LogP contribution in [0.5, 0.6) is 17.2 Å². The number of anilines is 3. The standard InChI is InChI=1S/C19H18N4O3/c1-24-15-4-2-3-14(10-15)22-19-20-8-7-18(23-19)21-11-13-5-6-16-17(9-13)26-12-25-16/h2-10H,11-12H2,1H3,(H2,20,21,22,23). The van der Waals surface area contributed by atoms with E-state index >= 15 is 0 Å². The molecule has 7 heteroatoms. The minimum Gasteiger partial charge on any atom is -0.497 e. The fourth-order valence-corrected chi connectivity index (χ4v) is 2.59. The third kappa shape index (κ3) is 3.61. The molecule has 1 aliphatic heterocycles. The molecule has 2 N–H and O–H groups in total. The van der Waals surface area contributed by atoms with Crippen molar-refractivity contribution in [3.05, 3.63) is 60.3 Å². The second-order valence-corrected chi connectivity index (χ2v) is 5.66. The van der Waals surface area contributed by atoms with Gasteiger partial charge in [-0.05, 0) is 35.9 Å². The Balaban J connectivity index is 1.42. The number of rotatable bonds is 6. The van der Waals surface area contributed by atoms with E-state index < -0.39 is 0 Å². The number of hydrogen-bond acceptors (Lipinski definition) is 7. The van der Waals surface area contributed by atoms with Gasteiger partial charge in [-0.15, -0.1) is 0 Å². The predicted molar refractivity (Wildman–Crippen MR) is 98.2 cm³/mol. The second-order valence-electron chi connectivity index (χ2n) is 5.66. The van der Waals surface area contributed by atoms with Crippen molar-refractivity contribution >= 4 is 17.5 Å². The number of methoxy groups -OCH3 is 1. The summed E-state index contributed by atoms with van der Waals surface area (Å²) >= 11 is 0. The van der Waals surface area contributed by atoms with Crippen LogP contribution in [0, 0.1) is 0 Å². The highest BCUT2D eigenvalue weighted by Crippen LogP contribution is 2.32. The van der Waals surface area contributed by atoms with Crippen LogP contribution in [-0.2, 0) is 6.54 Å². The van der Waals surface area contributed by atoms with Gasteiger partial charge < -0.3 is 24.8 Å². The Labute approximate surface area is 151 Å². The Morgan fingerprint density at radius 2 is 2.00 bits per heavy atom. The summed E-state index contributed by atoms with van der Waals surface area (Å²) in [7, 11) is 1.64. The topological polar surface area (TPSA) is 77.5 Å². The molecule has 0 fully saturated rings. The van der Waals surface area contributed by atoms with Crippen LogP contribution in [0.15, 0.2) is 54.7 Å². The molecule has 0 unspecified atom stereocenters. The second kappa shape index (κ2) is 7.18. The summed E-state index contributed by atoms with van der Waals surface area (Å²) in [6.07, 6.45) is 1.71. The van der Waals surface area contributed by atoms with Gasteiger partial charge in [-0.1, -0.05) is 12.1 Å². The molecule has 0 bridgehead atoms. The van der Waals surface area contributed by atoms with Crippen molar-refractivity contribution < 1.29 is 14.2 Å². The van der Waals surface area contributed by atoms with Crippen LogP contribution in [0.3, 0.4) is 0 Å². The first-order chi connectivity index (χ1) is 12.8. The summed E-state index contributed by atoms with van der Waals surface area (Å²) in [4.78, 5) is 8.73. The minimum atomic E-state index is 0.275. The van der Waals surface area contributed by atoms with Gasteiger partial charge in [0.05, 0.1) is 7.11 Å². The van der Waals surface area contributed by atoms with Gasteiger partial charge in [-0.25, -0.2) is 4.98 Å². The minimum absolute atomic E-state index is 0.275. The molecule has 7 nitrogen and oxygen atoms in total. The van der Waals surface area contributed by atoms with E-state index in [4.69, 9.17) is 14.2 Å². The van der Waals surface area contributed by atoms with Crippen LogP contribution >= 0.6 is 0 Å². The van der Waals surface area contributed by atoms with Crippen LogP contribution in [0.25, 0.3) is 0 Å². The number of hydrogen-bond donors (Lipinski definition) is 2. The van der Waals surface area contributed by atoms with E-state index in [1.165, 1.54) is 0 Å². The maximum Gasteiger partial charge on any atom is 0.231 e. The lowest BCUT2D eigenvalue weighted by Crippen LogP contribution is -2.04. The van der Waals surface area contributed by atoms with E-state index in [0.717, 1.165) is 34.3 Å². The molecule has 1 aromatic heterocycles. The molecular formula is C19H18N4O3. The molecule has 2 aromatic carbocycles. The average Bonchev–Trinajstić information content (AvgIpc) is 3.15. The Morgan fingerprint density at radius 1 is 1.08 bits per heavy atom. The molecule has 0 amide bonds. The van der Waals surface area contributed by atoms with Gasteiger partial charge >= 0.3 is 0 Å². The zero-order valence-corrected chi connectivity index (χ0v) is 14.2. The number of nitrogens with one attached hydrogen (secondary N) is 2. The first kappa shape index (κ1) is 16.0. The fraction of sp³-hybridized carbons (Fsp3) is 0.158. The van der Waals surface area contributed by atoms with Gasteiger partial charge in [0, 0.05) is 24.5 Å². The van der Waals surface area contributed by atoms with E-state index in [1.807, 2.05) is 48.5 Å². The van der Waals surface area contributed by atoms with Gasteiger partial charge in [0.15, 0.2) is 11.5 Å². The summed E-state index contributed by atoms with van der Waals surface area (Å²) < 4.78 is 15.9. The molecule has 0 atom stereocenters. The quantitative estimate of drug-likeness (QED) is 0.704. The monoisotopic (exact) mass is 350 g/mol. The maximum absolute atomic E-state index is 5.40. The maximum atomic E-state index is 5.40. The highest BCUT2D eigenvalue weighted by atomic mass is 16.7. The van der Waals surface area contributed by atoms with Gasteiger partial charge in [-0.2, -0.15) is 4.98 Å². The van der Waals surface area contributed by atoms with Crippen molar-refractivity contribution in [2.75, 3.05) is 24.5 Å². The van der Waals surface area contributed by atoms with E-state index in [9.17, 15) is 0 Å². The van der Waals surface area contributed by atoms with E-state index in [-0.39, 0.29) is 6.79 Å². The number of nitrogens with zero attached hydrogens (tertiary/aromatic N) is 2. The molecule has 132 valence electrons. The summed E-state index contributed by atoms with van der Waals surface area (Å²) in [6, 6.07) is 15.3. The van der Waals surface area contributed by atoms with Gasteiger partial charge in [0.25, 0.3) is 0 Å². The van der Waals surface area contributed by atoms with Gasteiger partial charge in [0.2, 0.25) is 12.7 Å². The first-order valence-electron chi connectivity index (χ1n) is 8.17. The van der Waals surface area contributed by atoms with Crippen LogP contribution in [0.1, 0.15) is 5.56 Å². The van der Waals surface area contributed by atoms with Crippen molar-refractivity contribution in [1.82, 2.24) is 9.97 Å². The molecule has 2 heterocycles. The van der Waals surface area contributed by atoms with Crippen LogP contribution in [0.2, 0.25) is 0 Å². The lowest BCUT2D eigenvalue weighted by atomic mass is 10.2. The fourth-order valence-electron chi connectivity index (χ4n) is 2.59. The normalized spacial score (nSPS) is 11.9.